The zero-order valence-corrected chi connectivity index (χ0v) is 9.44. The molecule has 1 aromatic heterocycles. The van der Waals surface area contributed by atoms with Gasteiger partial charge in [-0.25, -0.2) is 4.39 Å². The maximum absolute atomic E-state index is 12.9. The Kier molecular flexibility index (Phi) is 3.44. The van der Waals surface area contributed by atoms with Gasteiger partial charge in [-0.1, -0.05) is 0 Å². The molecule has 0 radical (unpaired) electrons. The minimum absolute atomic E-state index is 0.129. The quantitative estimate of drug-likeness (QED) is 0.887. The average Bonchev–Trinajstić information content (AvgIpc) is 2.76. The lowest BCUT2D eigenvalue weighted by Gasteiger charge is -2.07. The van der Waals surface area contributed by atoms with Crippen LogP contribution in [0.2, 0.25) is 0 Å². The molecule has 0 saturated carbocycles. The first kappa shape index (κ1) is 11.7. The summed E-state index contributed by atoms with van der Waals surface area (Å²) in [5.74, 6) is 1.46. The van der Waals surface area contributed by atoms with Crippen molar-refractivity contribution in [3.63, 3.8) is 0 Å². The van der Waals surface area contributed by atoms with E-state index >= 15 is 0 Å². The van der Waals surface area contributed by atoms with E-state index in [-0.39, 0.29) is 19.0 Å². The molecule has 4 heteroatoms. The Morgan fingerprint density at radius 3 is 2.65 bits per heavy atom. The molecule has 1 N–H and O–H groups in total. The van der Waals surface area contributed by atoms with Crippen LogP contribution in [0, 0.1) is 12.7 Å². The van der Waals surface area contributed by atoms with Crippen LogP contribution in [0.1, 0.15) is 17.1 Å². The van der Waals surface area contributed by atoms with E-state index in [2.05, 4.69) is 0 Å². The van der Waals surface area contributed by atoms with E-state index in [4.69, 9.17) is 14.3 Å². The molecule has 17 heavy (non-hydrogen) atoms. The standard InChI is InChI=1S/C13H13FO3/c1-9-6-10(14)2-5-13(9)16-8-12-4-3-11(7-15)17-12/h2-6,15H,7-8H2,1H3. The lowest BCUT2D eigenvalue weighted by atomic mass is 10.2. The maximum atomic E-state index is 12.9. The summed E-state index contributed by atoms with van der Waals surface area (Å²) in [7, 11) is 0. The number of aryl methyl sites for hydroxylation is 1. The Morgan fingerprint density at radius 2 is 2.00 bits per heavy atom. The highest BCUT2D eigenvalue weighted by Crippen LogP contribution is 2.20. The molecule has 3 nitrogen and oxygen atoms in total. The van der Waals surface area contributed by atoms with Gasteiger partial charge in [-0.2, -0.15) is 0 Å². The van der Waals surface area contributed by atoms with Crippen LogP contribution in [-0.4, -0.2) is 5.11 Å². The second kappa shape index (κ2) is 5.01. The van der Waals surface area contributed by atoms with E-state index in [1.165, 1.54) is 12.1 Å². The van der Waals surface area contributed by atoms with Crippen LogP contribution in [-0.2, 0) is 13.2 Å². The Hall–Kier alpha value is -1.81. The third-order valence-electron chi connectivity index (χ3n) is 2.38. The summed E-state index contributed by atoms with van der Waals surface area (Å²) in [5.41, 5.74) is 0.735. The van der Waals surface area contributed by atoms with Crippen molar-refractivity contribution in [1.29, 1.82) is 0 Å². The molecule has 0 bridgehead atoms. The largest absolute Gasteiger partial charge is 0.485 e. The molecule has 2 aromatic rings. The fourth-order valence-corrected chi connectivity index (χ4v) is 1.51. The predicted octanol–water partition coefficient (Wildman–Crippen LogP) is 2.80. The van der Waals surface area contributed by atoms with Crippen LogP contribution in [0.5, 0.6) is 5.75 Å². The summed E-state index contributed by atoms with van der Waals surface area (Å²) < 4.78 is 23.6. The molecule has 0 spiro atoms. The van der Waals surface area contributed by atoms with Gasteiger partial charge in [0, 0.05) is 0 Å². The van der Waals surface area contributed by atoms with Gasteiger partial charge in [-0.05, 0) is 42.8 Å². The number of aliphatic hydroxyl groups excluding tert-OH is 1. The molecule has 0 amide bonds. The molecule has 0 fully saturated rings. The van der Waals surface area contributed by atoms with Crippen molar-refractivity contribution < 1.29 is 18.7 Å². The predicted molar refractivity (Wildman–Crippen MR) is 60.1 cm³/mol. The fraction of sp³-hybridized carbons (Fsp3) is 0.231. The Balaban J connectivity index is 2.02. The number of benzene rings is 1. The molecule has 1 heterocycles. The van der Waals surface area contributed by atoms with E-state index in [9.17, 15) is 4.39 Å². The molecule has 0 atom stereocenters. The van der Waals surface area contributed by atoms with Gasteiger partial charge in [-0.3, -0.25) is 0 Å². The molecule has 0 aliphatic rings. The van der Waals surface area contributed by atoms with E-state index < -0.39 is 0 Å². The zero-order chi connectivity index (χ0) is 12.3. The molecule has 0 aliphatic heterocycles. The first-order valence-electron chi connectivity index (χ1n) is 5.26. The number of hydrogen-bond donors (Lipinski definition) is 1. The summed E-state index contributed by atoms with van der Waals surface area (Å²) >= 11 is 0. The van der Waals surface area contributed by atoms with E-state index in [1.807, 2.05) is 0 Å². The number of hydrogen-bond acceptors (Lipinski definition) is 3. The number of aliphatic hydroxyl groups is 1. The van der Waals surface area contributed by atoms with E-state index in [1.54, 1.807) is 25.1 Å². The van der Waals surface area contributed by atoms with Gasteiger partial charge in [0.2, 0.25) is 0 Å². The fourth-order valence-electron chi connectivity index (χ4n) is 1.51. The Labute approximate surface area is 98.5 Å². The number of ether oxygens (including phenoxy) is 1. The molecular formula is C13H13FO3. The number of halogens is 1. The molecular weight excluding hydrogens is 223 g/mol. The van der Waals surface area contributed by atoms with Crippen LogP contribution >= 0.6 is 0 Å². The minimum Gasteiger partial charge on any atom is -0.485 e. The maximum Gasteiger partial charge on any atom is 0.146 e. The third kappa shape index (κ3) is 2.85. The average molecular weight is 236 g/mol. The van der Waals surface area contributed by atoms with Gasteiger partial charge in [0.15, 0.2) is 0 Å². The first-order chi connectivity index (χ1) is 8.19. The Morgan fingerprint density at radius 1 is 1.24 bits per heavy atom. The smallest absolute Gasteiger partial charge is 0.146 e. The van der Waals surface area contributed by atoms with Gasteiger partial charge in [-0.15, -0.1) is 0 Å². The lowest BCUT2D eigenvalue weighted by molar-refractivity contribution is 0.224. The molecule has 2 rings (SSSR count). The van der Waals surface area contributed by atoms with Gasteiger partial charge in [0.1, 0.15) is 36.3 Å². The minimum atomic E-state index is -0.282. The Bertz CT molecular complexity index is 505. The van der Waals surface area contributed by atoms with Crippen molar-refractivity contribution in [2.24, 2.45) is 0 Å². The first-order valence-corrected chi connectivity index (χ1v) is 5.26. The van der Waals surface area contributed by atoms with Crippen LogP contribution in [0.4, 0.5) is 4.39 Å². The van der Waals surface area contributed by atoms with Crippen LogP contribution in [0.15, 0.2) is 34.7 Å². The van der Waals surface area contributed by atoms with Crippen LogP contribution < -0.4 is 4.74 Å². The van der Waals surface area contributed by atoms with Crippen LogP contribution in [0.3, 0.4) is 0 Å². The van der Waals surface area contributed by atoms with Crippen molar-refractivity contribution >= 4 is 0 Å². The van der Waals surface area contributed by atoms with Gasteiger partial charge in [0.05, 0.1) is 0 Å². The summed E-state index contributed by atoms with van der Waals surface area (Å²) in [4.78, 5) is 0. The highest BCUT2D eigenvalue weighted by molar-refractivity contribution is 5.32. The van der Waals surface area contributed by atoms with E-state index in [0.717, 1.165) is 5.56 Å². The normalized spacial score (nSPS) is 10.5. The molecule has 0 unspecified atom stereocenters. The second-order valence-electron chi connectivity index (χ2n) is 3.72. The SMILES string of the molecule is Cc1cc(F)ccc1OCc1ccc(CO)o1. The van der Waals surface area contributed by atoms with Crippen molar-refractivity contribution in [1.82, 2.24) is 0 Å². The van der Waals surface area contributed by atoms with Crippen molar-refractivity contribution in [2.75, 3.05) is 0 Å². The van der Waals surface area contributed by atoms with Crippen LogP contribution in [0.25, 0.3) is 0 Å². The summed E-state index contributed by atoms with van der Waals surface area (Å²) in [5, 5.41) is 8.83. The van der Waals surface area contributed by atoms with Crippen molar-refractivity contribution in [3.8, 4) is 5.75 Å². The van der Waals surface area contributed by atoms with Gasteiger partial charge < -0.3 is 14.3 Å². The van der Waals surface area contributed by atoms with Crippen molar-refractivity contribution in [2.45, 2.75) is 20.1 Å². The molecule has 0 saturated heterocycles. The van der Waals surface area contributed by atoms with Gasteiger partial charge in [0.25, 0.3) is 0 Å². The third-order valence-corrected chi connectivity index (χ3v) is 2.38. The van der Waals surface area contributed by atoms with Gasteiger partial charge >= 0.3 is 0 Å². The topological polar surface area (TPSA) is 42.6 Å². The highest BCUT2D eigenvalue weighted by Gasteiger charge is 2.04. The summed E-state index contributed by atoms with van der Waals surface area (Å²) in [6.07, 6.45) is 0. The monoisotopic (exact) mass is 236 g/mol. The number of furan rings is 1. The number of rotatable bonds is 4. The summed E-state index contributed by atoms with van der Waals surface area (Å²) in [6.45, 7) is 1.90. The zero-order valence-electron chi connectivity index (χ0n) is 9.44. The van der Waals surface area contributed by atoms with E-state index in [0.29, 0.717) is 17.3 Å². The molecule has 0 aliphatic carbocycles. The van der Waals surface area contributed by atoms with Crippen molar-refractivity contribution in [3.05, 3.63) is 53.2 Å². The highest BCUT2D eigenvalue weighted by atomic mass is 19.1. The lowest BCUT2D eigenvalue weighted by Crippen LogP contribution is -1.96. The molecule has 90 valence electrons. The summed E-state index contributed by atoms with van der Waals surface area (Å²) in [6, 6.07) is 7.78. The molecule has 1 aromatic carbocycles. The second-order valence-corrected chi connectivity index (χ2v) is 3.72.